The quantitative estimate of drug-likeness (QED) is 0.590. The highest BCUT2D eigenvalue weighted by molar-refractivity contribution is 7.99. The molecule has 1 unspecified atom stereocenters. The van der Waals surface area contributed by atoms with Gasteiger partial charge in [0.15, 0.2) is 0 Å². The molecular weight excluding hydrogens is 210 g/mol. The van der Waals surface area contributed by atoms with E-state index in [-0.39, 0.29) is 11.9 Å². The highest BCUT2D eigenvalue weighted by atomic mass is 32.2. The number of rotatable bonds is 5. The monoisotopic (exact) mass is 227 g/mol. The number of thioether (sulfide) groups is 1. The topological polar surface area (TPSA) is 58.0 Å². The van der Waals surface area contributed by atoms with Crippen molar-refractivity contribution in [1.82, 2.24) is 9.97 Å². The van der Waals surface area contributed by atoms with E-state index < -0.39 is 0 Å². The molecule has 0 aliphatic carbocycles. The lowest BCUT2D eigenvalue weighted by atomic mass is 10.2. The summed E-state index contributed by atoms with van der Waals surface area (Å²) in [7, 11) is 1.85. The van der Waals surface area contributed by atoms with Gasteiger partial charge in [-0.25, -0.2) is 9.97 Å². The van der Waals surface area contributed by atoms with Crippen LogP contribution in [0.3, 0.4) is 0 Å². The highest BCUT2D eigenvalue weighted by Gasteiger charge is 2.11. The Labute approximate surface area is 94.5 Å². The Hall–Kier alpha value is -0.810. The number of nitrogens with one attached hydrogen (secondary N) is 1. The SMILES string of the molecule is CCc1c(NC)ncnc1SC(C)CO. The molecule has 0 aliphatic rings. The van der Waals surface area contributed by atoms with Gasteiger partial charge in [0, 0.05) is 17.9 Å². The number of anilines is 1. The van der Waals surface area contributed by atoms with Crippen molar-refractivity contribution in [2.45, 2.75) is 30.5 Å². The minimum Gasteiger partial charge on any atom is -0.395 e. The molecule has 0 saturated heterocycles. The highest BCUT2D eigenvalue weighted by Crippen LogP contribution is 2.27. The predicted octanol–water partition coefficient (Wildman–Crippen LogP) is 1.55. The first-order valence-electron chi connectivity index (χ1n) is 5.02. The maximum Gasteiger partial charge on any atom is 0.133 e. The first kappa shape index (κ1) is 12.3. The van der Waals surface area contributed by atoms with E-state index in [1.54, 1.807) is 18.1 Å². The molecule has 0 saturated carbocycles. The Morgan fingerprint density at radius 3 is 2.80 bits per heavy atom. The Morgan fingerprint density at radius 2 is 2.27 bits per heavy atom. The van der Waals surface area contributed by atoms with Gasteiger partial charge in [-0.2, -0.15) is 0 Å². The van der Waals surface area contributed by atoms with Gasteiger partial charge in [0.2, 0.25) is 0 Å². The third-order valence-electron chi connectivity index (χ3n) is 2.07. The minimum absolute atomic E-state index is 0.159. The second-order valence-corrected chi connectivity index (χ2v) is 4.65. The summed E-state index contributed by atoms with van der Waals surface area (Å²) in [6.07, 6.45) is 2.44. The molecule has 0 aliphatic heterocycles. The average Bonchev–Trinajstić information content (AvgIpc) is 2.28. The van der Waals surface area contributed by atoms with Gasteiger partial charge in [0.05, 0.1) is 6.61 Å². The number of aromatic nitrogens is 2. The molecule has 5 heteroatoms. The molecule has 0 fully saturated rings. The first-order chi connectivity index (χ1) is 7.22. The summed E-state index contributed by atoms with van der Waals surface area (Å²) in [5, 5.41) is 13.2. The van der Waals surface area contributed by atoms with E-state index in [9.17, 15) is 0 Å². The van der Waals surface area contributed by atoms with Crippen molar-refractivity contribution < 1.29 is 5.11 Å². The van der Waals surface area contributed by atoms with Crippen LogP contribution in [0.4, 0.5) is 5.82 Å². The maximum atomic E-state index is 9.01. The summed E-state index contributed by atoms with van der Waals surface area (Å²) in [5.41, 5.74) is 1.12. The van der Waals surface area contributed by atoms with Crippen molar-refractivity contribution in [2.75, 3.05) is 19.0 Å². The fraction of sp³-hybridized carbons (Fsp3) is 0.600. The first-order valence-corrected chi connectivity index (χ1v) is 5.90. The van der Waals surface area contributed by atoms with Crippen LogP contribution in [0.5, 0.6) is 0 Å². The van der Waals surface area contributed by atoms with Crippen molar-refractivity contribution >= 4 is 17.6 Å². The molecule has 1 aromatic rings. The third kappa shape index (κ3) is 3.07. The average molecular weight is 227 g/mol. The lowest BCUT2D eigenvalue weighted by molar-refractivity contribution is 0.300. The van der Waals surface area contributed by atoms with Crippen LogP contribution in [0.25, 0.3) is 0 Å². The maximum absolute atomic E-state index is 9.01. The van der Waals surface area contributed by atoms with E-state index >= 15 is 0 Å². The predicted molar refractivity (Wildman–Crippen MR) is 63.4 cm³/mol. The van der Waals surface area contributed by atoms with Crippen LogP contribution in [0.2, 0.25) is 0 Å². The molecule has 0 aromatic carbocycles. The van der Waals surface area contributed by atoms with E-state index in [1.165, 1.54) is 0 Å². The van der Waals surface area contributed by atoms with Crippen LogP contribution in [-0.2, 0) is 6.42 Å². The number of hydrogen-bond donors (Lipinski definition) is 2. The van der Waals surface area contributed by atoms with Crippen molar-refractivity contribution in [3.8, 4) is 0 Å². The van der Waals surface area contributed by atoms with Crippen LogP contribution < -0.4 is 5.32 Å². The van der Waals surface area contributed by atoms with Crippen LogP contribution in [-0.4, -0.2) is 34.0 Å². The molecule has 84 valence electrons. The summed E-state index contributed by atoms with van der Waals surface area (Å²) >= 11 is 1.58. The van der Waals surface area contributed by atoms with Gasteiger partial charge < -0.3 is 10.4 Å². The van der Waals surface area contributed by atoms with Crippen LogP contribution in [0, 0.1) is 0 Å². The molecule has 0 bridgehead atoms. The van der Waals surface area contributed by atoms with Gasteiger partial charge in [0.1, 0.15) is 17.2 Å². The summed E-state index contributed by atoms with van der Waals surface area (Å²) in [6.45, 7) is 4.21. The Morgan fingerprint density at radius 1 is 1.53 bits per heavy atom. The molecule has 0 radical (unpaired) electrons. The Kier molecular flexibility index (Phi) is 4.84. The van der Waals surface area contributed by atoms with E-state index in [4.69, 9.17) is 5.11 Å². The molecule has 2 N–H and O–H groups in total. The van der Waals surface area contributed by atoms with Crippen molar-refractivity contribution in [3.63, 3.8) is 0 Å². The summed E-state index contributed by atoms with van der Waals surface area (Å²) < 4.78 is 0. The normalized spacial score (nSPS) is 12.5. The second kappa shape index (κ2) is 5.92. The smallest absolute Gasteiger partial charge is 0.133 e. The molecule has 1 rings (SSSR count). The number of nitrogens with zero attached hydrogens (tertiary/aromatic N) is 2. The van der Waals surface area contributed by atoms with E-state index in [0.717, 1.165) is 22.8 Å². The largest absolute Gasteiger partial charge is 0.395 e. The van der Waals surface area contributed by atoms with Gasteiger partial charge in [-0.3, -0.25) is 0 Å². The van der Waals surface area contributed by atoms with Gasteiger partial charge >= 0.3 is 0 Å². The molecular formula is C10H17N3OS. The Balaban J connectivity index is 2.95. The van der Waals surface area contributed by atoms with Crippen molar-refractivity contribution in [2.24, 2.45) is 0 Å². The lowest BCUT2D eigenvalue weighted by Crippen LogP contribution is -2.06. The van der Waals surface area contributed by atoms with Gasteiger partial charge in [0.25, 0.3) is 0 Å². The molecule has 1 aromatic heterocycles. The van der Waals surface area contributed by atoms with E-state index in [0.29, 0.717) is 0 Å². The van der Waals surface area contributed by atoms with Crippen LogP contribution >= 0.6 is 11.8 Å². The van der Waals surface area contributed by atoms with Gasteiger partial charge in [-0.05, 0) is 6.42 Å². The summed E-state index contributed by atoms with van der Waals surface area (Å²) in [5.74, 6) is 0.875. The molecule has 1 atom stereocenters. The standard InChI is InChI=1S/C10H17N3OS/c1-4-8-9(11-3)12-6-13-10(8)15-7(2)5-14/h6-7,14H,4-5H2,1-3H3,(H,11,12,13). The fourth-order valence-electron chi connectivity index (χ4n) is 1.26. The number of aliphatic hydroxyl groups is 1. The third-order valence-corrected chi connectivity index (χ3v) is 3.19. The van der Waals surface area contributed by atoms with Crippen LogP contribution in [0.1, 0.15) is 19.4 Å². The molecule has 0 spiro atoms. The zero-order chi connectivity index (χ0) is 11.3. The molecule has 0 amide bonds. The molecule has 1 heterocycles. The Bertz CT molecular complexity index is 320. The summed E-state index contributed by atoms with van der Waals surface area (Å²) in [4.78, 5) is 8.41. The van der Waals surface area contributed by atoms with Crippen molar-refractivity contribution in [1.29, 1.82) is 0 Å². The summed E-state index contributed by atoms with van der Waals surface area (Å²) in [6, 6.07) is 0. The van der Waals surface area contributed by atoms with E-state index in [2.05, 4.69) is 22.2 Å². The minimum atomic E-state index is 0.159. The van der Waals surface area contributed by atoms with Crippen LogP contribution in [0.15, 0.2) is 11.4 Å². The zero-order valence-corrected chi connectivity index (χ0v) is 10.1. The van der Waals surface area contributed by atoms with Gasteiger partial charge in [-0.15, -0.1) is 11.8 Å². The number of aliphatic hydroxyl groups excluding tert-OH is 1. The molecule has 4 nitrogen and oxygen atoms in total. The lowest BCUT2D eigenvalue weighted by Gasteiger charge is -2.12. The van der Waals surface area contributed by atoms with E-state index in [1.807, 2.05) is 14.0 Å². The number of hydrogen-bond acceptors (Lipinski definition) is 5. The fourth-order valence-corrected chi connectivity index (χ4v) is 2.21. The second-order valence-electron chi connectivity index (χ2n) is 3.22. The zero-order valence-electron chi connectivity index (χ0n) is 9.32. The molecule has 15 heavy (non-hydrogen) atoms. The van der Waals surface area contributed by atoms with Gasteiger partial charge in [-0.1, -0.05) is 13.8 Å². The van der Waals surface area contributed by atoms with Crippen molar-refractivity contribution in [3.05, 3.63) is 11.9 Å².